The highest BCUT2D eigenvalue weighted by Gasteiger charge is 2.19. The van der Waals surface area contributed by atoms with Gasteiger partial charge in [0.15, 0.2) is 0 Å². The molecule has 1 nitrogen and oxygen atoms in total. The highest BCUT2D eigenvalue weighted by atomic mass is 14.7. The minimum Gasteiger partial charge on any atom is -0.257 e. The molecule has 2 rings (SSSR count). The number of hydrogen-bond acceptors (Lipinski definition) is 1. The topological polar surface area (TPSA) is 12.9 Å². The molecule has 0 aromatic carbocycles. The second kappa shape index (κ2) is 3.73. The van der Waals surface area contributed by atoms with Crippen LogP contribution in [0.5, 0.6) is 0 Å². The number of hydrogen-bond donors (Lipinski definition) is 0. The lowest BCUT2D eigenvalue weighted by molar-refractivity contribution is 0.704. The third-order valence-corrected chi connectivity index (χ3v) is 2.84. The molecule has 0 bridgehead atoms. The van der Waals surface area contributed by atoms with E-state index in [9.17, 15) is 0 Å². The molecule has 0 unspecified atom stereocenters. The monoisotopic (exact) mass is 173 g/mol. The Morgan fingerprint density at radius 3 is 2.69 bits per heavy atom. The average molecular weight is 173 g/mol. The molecule has 1 aromatic rings. The summed E-state index contributed by atoms with van der Waals surface area (Å²) in [4.78, 5) is 4.32. The van der Waals surface area contributed by atoms with Crippen molar-refractivity contribution in [1.29, 1.82) is 0 Å². The van der Waals surface area contributed by atoms with Crippen molar-refractivity contribution in [3.8, 4) is 0 Å². The van der Waals surface area contributed by atoms with Crippen LogP contribution < -0.4 is 0 Å². The number of allylic oxidation sites excluding steroid dienone is 1. The van der Waals surface area contributed by atoms with Crippen molar-refractivity contribution in [3.63, 3.8) is 0 Å². The van der Waals surface area contributed by atoms with Crippen molar-refractivity contribution in [2.75, 3.05) is 0 Å². The van der Waals surface area contributed by atoms with Gasteiger partial charge >= 0.3 is 0 Å². The summed E-state index contributed by atoms with van der Waals surface area (Å²) < 4.78 is 0. The lowest BCUT2D eigenvalue weighted by atomic mass is 9.96. The van der Waals surface area contributed by atoms with Gasteiger partial charge in [-0.2, -0.15) is 0 Å². The maximum Gasteiger partial charge on any atom is 0.0658 e. The van der Waals surface area contributed by atoms with Gasteiger partial charge < -0.3 is 0 Å². The first-order valence-corrected chi connectivity index (χ1v) is 4.98. The minimum atomic E-state index is 0.690. The van der Waals surface area contributed by atoms with E-state index in [4.69, 9.17) is 0 Å². The van der Waals surface area contributed by atoms with E-state index in [0.717, 1.165) is 5.69 Å². The molecular weight excluding hydrogens is 158 g/mol. The van der Waals surface area contributed by atoms with Crippen LogP contribution in [0.25, 0.3) is 5.57 Å². The number of rotatable bonds is 2. The molecule has 0 aliphatic heterocycles. The molecule has 0 radical (unpaired) electrons. The summed E-state index contributed by atoms with van der Waals surface area (Å²) in [6, 6.07) is 6.04. The van der Waals surface area contributed by atoms with E-state index in [1.165, 1.54) is 31.3 Å². The fourth-order valence-corrected chi connectivity index (χ4v) is 2.04. The minimum absolute atomic E-state index is 0.690. The molecule has 68 valence electrons. The van der Waals surface area contributed by atoms with E-state index >= 15 is 0 Å². The Bertz CT molecular complexity index is 283. The van der Waals surface area contributed by atoms with Gasteiger partial charge in [-0.3, -0.25) is 4.98 Å². The van der Waals surface area contributed by atoms with Crippen molar-refractivity contribution in [2.24, 2.45) is 5.92 Å². The van der Waals surface area contributed by atoms with Gasteiger partial charge in [-0.25, -0.2) is 0 Å². The molecule has 0 spiro atoms. The maximum absolute atomic E-state index is 4.32. The van der Waals surface area contributed by atoms with E-state index in [-0.39, 0.29) is 0 Å². The molecule has 0 saturated heterocycles. The Morgan fingerprint density at radius 2 is 2.08 bits per heavy atom. The highest BCUT2D eigenvalue weighted by Crippen LogP contribution is 2.34. The van der Waals surface area contributed by atoms with Crippen LogP contribution >= 0.6 is 0 Å². The van der Waals surface area contributed by atoms with Crippen LogP contribution in [0.4, 0.5) is 0 Å². The third kappa shape index (κ3) is 1.80. The first kappa shape index (κ1) is 8.49. The van der Waals surface area contributed by atoms with E-state index in [2.05, 4.69) is 17.6 Å². The van der Waals surface area contributed by atoms with Gasteiger partial charge in [-0.1, -0.05) is 25.5 Å². The predicted molar refractivity (Wildman–Crippen MR) is 55.2 cm³/mol. The molecule has 1 fully saturated rings. The van der Waals surface area contributed by atoms with Crippen molar-refractivity contribution < 1.29 is 0 Å². The Labute approximate surface area is 79.5 Å². The molecule has 13 heavy (non-hydrogen) atoms. The summed E-state index contributed by atoms with van der Waals surface area (Å²) >= 11 is 0. The highest BCUT2D eigenvalue weighted by molar-refractivity contribution is 5.62. The fourth-order valence-electron chi connectivity index (χ4n) is 2.04. The van der Waals surface area contributed by atoms with Gasteiger partial charge in [-0.15, -0.1) is 0 Å². The van der Waals surface area contributed by atoms with Gasteiger partial charge in [-0.05, 0) is 36.5 Å². The van der Waals surface area contributed by atoms with Crippen LogP contribution in [0, 0.1) is 5.92 Å². The largest absolute Gasteiger partial charge is 0.257 e. The van der Waals surface area contributed by atoms with Crippen LogP contribution in [-0.4, -0.2) is 4.98 Å². The summed E-state index contributed by atoms with van der Waals surface area (Å²) in [5.41, 5.74) is 2.31. The van der Waals surface area contributed by atoms with Crippen LogP contribution in [0.1, 0.15) is 31.4 Å². The number of aromatic nitrogens is 1. The van der Waals surface area contributed by atoms with Crippen molar-refractivity contribution in [1.82, 2.24) is 4.98 Å². The van der Waals surface area contributed by atoms with Crippen LogP contribution in [0.3, 0.4) is 0 Å². The fraction of sp³-hybridized carbons (Fsp3) is 0.417. The van der Waals surface area contributed by atoms with Gasteiger partial charge in [0.05, 0.1) is 5.69 Å². The smallest absolute Gasteiger partial charge is 0.0658 e. The van der Waals surface area contributed by atoms with Crippen molar-refractivity contribution in [2.45, 2.75) is 25.7 Å². The quantitative estimate of drug-likeness (QED) is 0.668. The van der Waals surface area contributed by atoms with Crippen LogP contribution in [-0.2, 0) is 0 Å². The van der Waals surface area contributed by atoms with E-state index in [0.29, 0.717) is 5.92 Å². The third-order valence-electron chi connectivity index (χ3n) is 2.84. The lowest BCUT2D eigenvalue weighted by Gasteiger charge is -2.11. The van der Waals surface area contributed by atoms with E-state index in [1.54, 1.807) is 0 Å². The Hall–Kier alpha value is -1.11. The van der Waals surface area contributed by atoms with Gasteiger partial charge in [0.2, 0.25) is 0 Å². The molecule has 1 aromatic heterocycles. The summed E-state index contributed by atoms with van der Waals surface area (Å²) in [7, 11) is 0. The summed E-state index contributed by atoms with van der Waals surface area (Å²) in [5.74, 6) is 0.690. The summed E-state index contributed by atoms with van der Waals surface area (Å²) in [6.07, 6.45) is 7.16. The molecule has 1 heterocycles. The zero-order valence-corrected chi connectivity index (χ0v) is 7.87. The first-order chi connectivity index (χ1) is 6.38. The SMILES string of the molecule is C=C(c1ccccn1)C1CCCC1. The van der Waals surface area contributed by atoms with E-state index < -0.39 is 0 Å². The average Bonchev–Trinajstić information content (AvgIpc) is 2.71. The molecule has 1 aliphatic carbocycles. The first-order valence-electron chi connectivity index (χ1n) is 4.98. The second-order valence-electron chi connectivity index (χ2n) is 3.72. The normalized spacial score (nSPS) is 17.5. The standard InChI is InChI=1S/C12H15N/c1-10(11-6-2-3-7-11)12-8-4-5-9-13-12/h4-5,8-9,11H,1-3,6-7H2. The molecule has 1 aliphatic rings. The zero-order valence-electron chi connectivity index (χ0n) is 7.87. The Kier molecular flexibility index (Phi) is 2.44. The zero-order chi connectivity index (χ0) is 9.10. The second-order valence-corrected chi connectivity index (χ2v) is 3.72. The van der Waals surface area contributed by atoms with Gasteiger partial charge in [0.25, 0.3) is 0 Å². The predicted octanol–water partition coefficient (Wildman–Crippen LogP) is 3.29. The Morgan fingerprint density at radius 1 is 1.31 bits per heavy atom. The molecular formula is C12H15N. The number of nitrogens with zero attached hydrogens (tertiary/aromatic N) is 1. The molecule has 0 atom stereocenters. The Balaban J connectivity index is 2.13. The summed E-state index contributed by atoms with van der Waals surface area (Å²) in [5, 5.41) is 0. The van der Waals surface area contributed by atoms with Crippen molar-refractivity contribution >= 4 is 5.57 Å². The molecule has 1 saturated carbocycles. The van der Waals surface area contributed by atoms with Crippen LogP contribution in [0.15, 0.2) is 31.0 Å². The maximum atomic E-state index is 4.32. The van der Waals surface area contributed by atoms with E-state index in [1.807, 2.05) is 18.3 Å². The van der Waals surface area contributed by atoms with Gasteiger partial charge in [0, 0.05) is 6.20 Å². The van der Waals surface area contributed by atoms with Crippen molar-refractivity contribution in [3.05, 3.63) is 36.7 Å². The summed E-state index contributed by atoms with van der Waals surface area (Å²) in [6.45, 7) is 4.14. The lowest BCUT2D eigenvalue weighted by Crippen LogP contribution is -1.98. The molecule has 0 amide bonds. The number of pyridine rings is 1. The molecule has 1 heteroatoms. The van der Waals surface area contributed by atoms with Gasteiger partial charge in [0.1, 0.15) is 0 Å². The molecule has 0 N–H and O–H groups in total. The van der Waals surface area contributed by atoms with Crippen LogP contribution in [0.2, 0.25) is 0 Å².